The molecule has 0 unspecified atom stereocenters. The van der Waals surface area contributed by atoms with Crippen molar-refractivity contribution in [3.8, 4) is 0 Å². The molecule has 1 aliphatic rings. The molecule has 0 aliphatic carbocycles. The Hall–Kier alpha value is -2.74. The van der Waals surface area contributed by atoms with Crippen molar-refractivity contribution >= 4 is 27.4 Å². The number of carbonyl (C=O) groups is 2. The van der Waals surface area contributed by atoms with Gasteiger partial charge in [0.2, 0.25) is 9.84 Å². The minimum Gasteiger partial charge on any atom is -0.478 e. The molecular formula is C13H8N2O5S. The predicted octanol–water partition coefficient (Wildman–Crippen LogP) is 1.18. The third kappa shape index (κ3) is 1.96. The molecule has 1 aromatic heterocycles. The zero-order chi connectivity index (χ0) is 15.2. The maximum Gasteiger partial charge on any atom is 0.335 e. The van der Waals surface area contributed by atoms with Crippen LogP contribution in [0, 0.1) is 0 Å². The molecule has 1 aromatic carbocycles. The maximum atomic E-state index is 12.6. The number of carboxylic acid groups (broad SMARTS) is 1. The second-order valence-corrected chi connectivity index (χ2v) is 6.23. The number of benzene rings is 1. The molecule has 2 N–H and O–H groups in total. The SMILES string of the molecule is O=C(O)c1ccc2c(c1)NC(=O)c1ccncc1S2(=O)=O. The van der Waals surface area contributed by atoms with Crippen LogP contribution in [0.5, 0.6) is 0 Å². The third-order valence-electron chi connectivity index (χ3n) is 3.08. The van der Waals surface area contributed by atoms with Gasteiger partial charge in [0.1, 0.15) is 4.90 Å². The summed E-state index contributed by atoms with van der Waals surface area (Å²) in [5.74, 6) is -1.84. The average molecular weight is 304 g/mol. The van der Waals surface area contributed by atoms with Gasteiger partial charge in [-0.2, -0.15) is 0 Å². The molecule has 0 spiro atoms. The Balaban J connectivity index is 2.34. The molecular weight excluding hydrogens is 296 g/mol. The van der Waals surface area contributed by atoms with E-state index in [0.717, 1.165) is 18.3 Å². The van der Waals surface area contributed by atoms with Gasteiger partial charge in [-0.05, 0) is 24.3 Å². The lowest BCUT2D eigenvalue weighted by Gasteiger charge is -2.07. The number of hydrogen-bond acceptors (Lipinski definition) is 5. The van der Waals surface area contributed by atoms with Crippen LogP contribution >= 0.6 is 0 Å². The van der Waals surface area contributed by atoms with Crippen LogP contribution in [0.3, 0.4) is 0 Å². The van der Waals surface area contributed by atoms with Crippen molar-refractivity contribution in [2.75, 3.05) is 5.32 Å². The fourth-order valence-corrected chi connectivity index (χ4v) is 3.62. The fourth-order valence-electron chi connectivity index (χ4n) is 2.08. The molecule has 3 rings (SSSR count). The number of fused-ring (bicyclic) bond motifs is 2. The molecule has 1 aliphatic heterocycles. The number of aromatic nitrogens is 1. The van der Waals surface area contributed by atoms with E-state index in [1.54, 1.807) is 0 Å². The van der Waals surface area contributed by atoms with Crippen LogP contribution in [-0.2, 0) is 9.84 Å². The molecule has 0 bridgehead atoms. The minimum atomic E-state index is -3.95. The van der Waals surface area contributed by atoms with Crippen molar-refractivity contribution in [2.45, 2.75) is 9.79 Å². The first kappa shape index (κ1) is 13.3. The molecule has 2 aromatic rings. The first-order chi connectivity index (χ1) is 9.91. The molecule has 0 atom stereocenters. The number of anilines is 1. The summed E-state index contributed by atoms with van der Waals surface area (Å²) in [6.07, 6.45) is 2.41. The zero-order valence-electron chi connectivity index (χ0n) is 10.4. The van der Waals surface area contributed by atoms with Gasteiger partial charge in [0.15, 0.2) is 0 Å². The Labute approximate surface area is 119 Å². The second kappa shape index (κ2) is 4.38. The number of rotatable bonds is 1. The molecule has 21 heavy (non-hydrogen) atoms. The van der Waals surface area contributed by atoms with Gasteiger partial charge in [-0.1, -0.05) is 0 Å². The van der Waals surface area contributed by atoms with Crippen LogP contribution < -0.4 is 5.32 Å². The summed E-state index contributed by atoms with van der Waals surface area (Å²) in [7, 11) is -3.95. The van der Waals surface area contributed by atoms with Crippen molar-refractivity contribution < 1.29 is 23.1 Å². The van der Waals surface area contributed by atoms with Crippen molar-refractivity contribution in [2.24, 2.45) is 0 Å². The second-order valence-electron chi connectivity index (χ2n) is 4.35. The summed E-state index contributed by atoms with van der Waals surface area (Å²) in [6, 6.07) is 4.75. The van der Waals surface area contributed by atoms with Gasteiger partial charge in [0.05, 0.1) is 21.7 Å². The van der Waals surface area contributed by atoms with E-state index in [4.69, 9.17) is 5.11 Å². The fraction of sp³-hybridized carbons (Fsp3) is 0. The van der Waals surface area contributed by atoms with E-state index in [1.165, 1.54) is 18.3 Å². The molecule has 8 heteroatoms. The van der Waals surface area contributed by atoms with Gasteiger partial charge >= 0.3 is 5.97 Å². The number of hydrogen-bond donors (Lipinski definition) is 2. The lowest BCUT2D eigenvalue weighted by Crippen LogP contribution is -2.12. The Bertz CT molecular complexity index is 889. The number of amides is 1. The summed E-state index contributed by atoms with van der Waals surface area (Å²) in [4.78, 5) is 26.4. The molecule has 106 valence electrons. The molecule has 0 saturated heterocycles. The largest absolute Gasteiger partial charge is 0.478 e. The highest BCUT2D eigenvalue weighted by atomic mass is 32.2. The summed E-state index contributed by atoms with van der Waals surface area (Å²) in [6.45, 7) is 0. The monoisotopic (exact) mass is 304 g/mol. The molecule has 1 amide bonds. The van der Waals surface area contributed by atoms with Gasteiger partial charge in [0.25, 0.3) is 5.91 Å². The number of aromatic carboxylic acids is 1. The smallest absolute Gasteiger partial charge is 0.335 e. The normalized spacial score (nSPS) is 15.3. The van der Waals surface area contributed by atoms with Crippen molar-refractivity contribution in [3.05, 3.63) is 47.8 Å². The quantitative estimate of drug-likeness (QED) is 0.817. The number of pyridine rings is 1. The van der Waals surface area contributed by atoms with Crippen molar-refractivity contribution in [3.63, 3.8) is 0 Å². The Morgan fingerprint density at radius 2 is 1.95 bits per heavy atom. The summed E-state index contributed by atoms with van der Waals surface area (Å²) >= 11 is 0. The van der Waals surface area contributed by atoms with Crippen molar-refractivity contribution in [1.82, 2.24) is 4.98 Å². The van der Waals surface area contributed by atoms with Crippen LogP contribution in [0.2, 0.25) is 0 Å². The zero-order valence-corrected chi connectivity index (χ0v) is 11.2. The van der Waals surface area contributed by atoms with E-state index in [-0.39, 0.29) is 26.6 Å². The van der Waals surface area contributed by atoms with E-state index in [0.29, 0.717) is 0 Å². The van der Waals surface area contributed by atoms with Gasteiger partial charge in [0, 0.05) is 12.4 Å². The maximum absolute atomic E-state index is 12.6. The molecule has 0 fully saturated rings. The highest BCUT2D eigenvalue weighted by molar-refractivity contribution is 7.91. The topological polar surface area (TPSA) is 113 Å². The predicted molar refractivity (Wildman–Crippen MR) is 71.0 cm³/mol. The standard InChI is InChI=1S/C13H8N2O5S/c16-12-8-3-4-14-6-11(8)21(19,20)10-2-1-7(13(17)18)5-9(10)15-12/h1-6H,(H,15,16)(H,17,18). The number of nitrogens with one attached hydrogen (secondary N) is 1. The minimum absolute atomic E-state index is 0.0296. The molecule has 0 saturated carbocycles. The highest BCUT2D eigenvalue weighted by Crippen LogP contribution is 2.33. The number of carboxylic acids is 1. The molecule has 2 heterocycles. The Kier molecular flexibility index (Phi) is 2.77. The van der Waals surface area contributed by atoms with Crippen LogP contribution in [0.1, 0.15) is 20.7 Å². The lowest BCUT2D eigenvalue weighted by molar-refractivity contribution is 0.0696. The van der Waals surface area contributed by atoms with Crippen LogP contribution in [0.25, 0.3) is 0 Å². The van der Waals surface area contributed by atoms with Gasteiger partial charge < -0.3 is 10.4 Å². The van der Waals surface area contributed by atoms with Gasteiger partial charge in [-0.15, -0.1) is 0 Å². The summed E-state index contributed by atoms with van der Waals surface area (Å²) < 4.78 is 25.1. The van der Waals surface area contributed by atoms with E-state index in [9.17, 15) is 18.0 Å². The van der Waals surface area contributed by atoms with E-state index < -0.39 is 21.7 Å². The van der Waals surface area contributed by atoms with E-state index in [1.807, 2.05) is 0 Å². The molecule has 7 nitrogen and oxygen atoms in total. The average Bonchev–Trinajstić information content (AvgIpc) is 2.54. The van der Waals surface area contributed by atoms with Crippen LogP contribution in [-0.4, -0.2) is 30.4 Å². The lowest BCUT2D eigenvalue weighted by atomic mass is 10.2. The highest BCUT2D eigenvalue weighted by Gasteiger charge is 2.31. The van der Waals surface area contributed by atoms with Crippen molar-refractivity contribution in [1.29, 1.82) is 0 Å². The molecule has 0 radical (unpaired) electrons. The van der Waals surface area contributed by atoms with Crippen LogP contribution in [0.4, 0.5) is 5.69 Å². The Morgan fingerprint density at radius 3 is 2.67 bits per heavy atom. The van der Waals surface area contributed by atoms with Gasteiger partial charge in [-0.25, -0.2) is 13.2 Å². The van der Waals surface area contributed by atoms with E-state index >= 15 is 0 Å². The third-order valence-corrected chi connectivity index (χ3v) is 4.92. The number of sulfone groups is 1. The van der Waals surface area contributed by atoms with E-state index in [2.05, 4.69) is 10.3 Å². The number of carbonyl (C=O) groups excluding carboxylic acids is 1. The summed E-state index contributed by atoms with van der Waals surface area (Å²) in [5.41, 5.74) is -0.206. The number of nitrogens with zero attached hydrogens (tertiary/aromatic N) is 1. The first-order valence-corrected chi connectivity index (χ1v) is 7.27. The first-order valence-electron chi connectivity index (χ1n) is 5.79. The Morgan fingerprint density at radius 1 is 1.19 bits per heavy atom. The van der Waals surface area contributed by atoms with Crippen LogP contribution in [0.15, 0.2) is 46.5 Å². The summed E-state index contributed by atoms with van der Waals surface area (Å²) in [5, 5.41) is 11.4. The van der Waals surface area contributed by atoms with Gasteiger partial charge in [-0.3, -0.25) is 9.78 Å².